The van der Waals surface area contributed by atoms with Crippen molar-refractivity contribution in [3.63, 3.8) is 0 Å². The Balaban J connectivity index is 1.57. The Morgan fingerprint density at radius 3 is 2.89 bits per heavy atom. The minimum atomic E-state index is 0.523. The number of hydrogen-bond acceptors (Lipinski definition) is 5. The van der Waals surface area contributed by atoms with Crippen LogP contribution in [-0.2, 0) is 6.54 Å². The van der Waals surface area contributed by atoms with Gasteiger partial charge in [0.05, 0.1) is 6.54 Å². The molecule has 19 heavy (non-hydrogen) atoms. The van der Waals surface area contributed by atoms with Gasteiger partial charge in [-0.3, -0.25) is 4.90 Å². The first-order chi connectivity index (χ1) is 9.42. The van der Waals surface area contributed by atoms with Crippen molar-refractivity contribution >= 4 is 11.8 Å². The molecule has 2 heterocycles. The molecule has 0 unspecified atom stereocenters. The lowest BCUT2D eigenvalue weighted by Crippen LogP contribution is -2.26. The lowest BCUT2D eigenvalue weighted by Gasteiger charge is -2.17. The van der Waals surface area contributed by atoms with Crippen molar-refractivity contribution in [3.8, 4) is 0 Å². The zero-order chi connectivity index (χ0) is 12.9. The molecule has 2 fully saturated rings. The van der Waals surface area contributed by atoms with Gasteiger partial charge < -0.3 is 4.52 Å². The van der Waals surface area contributed by atoms with Crippen molar-refractivity contribution in [2.24, 2.45) is 0 Å². The second-order valence-electron chi connectivity index (χ2n) is 5.63. The monoisotopic (exact) mass is 281 g/mol. The molecule has 1 aromatic rings. The van der Waals surface area contributed by atoms with E-state index in [-0.39, 0.29) is 0 Å². The van der Waals surface area contributed by atoms with Crippen molar-refractivity contribution in [2.75, 3.05) is 24.6 Å². The van der Waals surface area contributed by atoms with Crippen molar-refractivity contribution in [3.05, 3.63) is 11.7 Å². The van der Waals surface area contributed by atoms with E-state index in [2.05, 4.69) is 26.8 Å². The lowest BCUT2D eigenvalue weighted by atomic mass is 9.89. The van der Waals surface area contributed by atoms with Crippen LogP contribution in [0.25, 0.3) is 0 Å². The van der Waals surface area contributed by atoms with Crippen LogP contribution in [0, 0.1) is 0 Å². The first-order valence-corrected chi connectivity index (χ1v) is 8.70. The molecule has 0 bridgehead atoms. The lowest BCUT2D eigenvalue weighted by molar-refractivity contribution is 0.271. The van der Waals surface area contributed by atoms with Crippen molar-refractivity contribution in [2.45, 2.75) is 51.0 Å². The van der Waals surface area contributed by atoms with Gasteiger partial charge in [-0.15, -0.1) is 0 Å². The summed E-state index contributed by atoms with van der Waals surface area (Å²) in [6.07, 6.45) is 7.71. The van der Waals surface area contributed by atoms with Crippen molar-refractivity contribution < 1.29 is 4.52 Å². The summed E-state index contributed by atoms with van der Waals surface area (Å²) in [6, 6.07) is 0. The summed E-state index contributed by atoms with van der Waals surface area (Å²) in [5.41, 5.74) is 0. The Kier molecular flexibility index (Phi) is 4.77. The summed E-state index contributed by atoms with van der Waals surface area (Å²) < 4.78 is 5.48. The van der Waals surface area contributed by atoms with Crippen LogP contribution in [0.3, 0.4) is 0 Å². The molecule has 1 aliphatic heterocycles. The zero-order valence-corrected chi connectivity index (χ0v) is 12.3. The molecule has 5 heteroatoms. The van der Waals surface area contributed by atoms with Crippen LogP contribution in [0.4, 0.5) is 0 Å². The van der Waals surface area contributed by atoms with Gasteiger partial charge in [0, 0.05) is 18.2 Å². The van der Waals surface area contributed by atoms with Crippen LogP contribution in [0.1, 0.15) is 56.2 Å². The molecular formula is C14H23N3OS. The van der Waals surface area contributed by atoms with E-state index >= 15 is 0 Å². The van der Waals surface area contributed by atoms with Gasteiger partial charge in [0.2, 0.25) is 5.89 Å². The average molecular weight is 281 g/mol. The number of thioether (sulfide) groups is 1. The summed E-state index contributed by atoms with van der Waals surface area (Å²) in [5.74, 6) is 4.81. The highest BCUT2D eigenvalue weighted by molar-refractivity contribution is 7.99. The number of hydrogen-bond donors (Lipinski definition) is 0. The summed E-state index contributed by atoms with van der Waals surface area (Å²) in [7, 11) is 0. The number of aromatic nitrogens is 2. The Morgan fingerprint density at radius 2 is 2.00 bits per heavy atom. The smallest absolute Gasteiger partial charge is 0.229 e. The molecule has 4 nitrogen and oxygen atoms in total. The van der Waals surface area contributed by atoms with Crippen LogP contribution in [-0.4, -0.2) is 39.6 Å². The van der Waals surface area contributed by atoms with Gasteiger partial charge in [-0.05, 0) is 31.6 Å². The van der Waals surface area contributed by atoms with Gasteiger partial charge >= 0.3 is 0 Å². The number of nitrogens with zero attached hydrogens (tertiary/aromatic N) is 3. The zero-order valence-electron chi connectivity index (χ0n) is 11.5. The van der Waals surface area contributed by atoms with Crippen LogP contribution >= 0.6 is 11.8 Å². The van der Waals surface area contributed by atoms with Gasteiger partial charge in [-0.2, -0.15) is 16.7 Å². The quantitative estimate of drug-likeness (QED) is 0.852. The Morgan fingerprint density at radius 1 is 1.11 bits per heavy atom. The fourth-order valence-corrected chi connectivity index (χ4v) is 3.93. The highest BCUT2D eigenvalue weighted by Crippen LogP contribution is 2.31. The van der Waals surface area contributed by atoms with E-state index in [0.29, 0.717) is 5.92 Å². The van der Waals surface area contributed by atoms with Gasteiger partial charge in [-0.1, -0.05) is 24.4 Å². The van der Waals surface area contributed by atoms with Gasteiger partial charge in [0.15, 0.2) is 5.82 Å². The molecule has 3 rings (SSSR count). The fourth-order valence-electron chi connectivity index (χ4n) is 3.00. The first kappa shape index (κ1) is 13.4. The maximum absolute atomic E-state index is 5.48. The van der Waals surface area contributed by atoms with E-state index in [4.69, 9.17) is 4.52 Å². The molecule has 1 saturated heterocycles. The third-order valence-corrected chi connectivity index (χ3v) is 5.17. The molecule has 1 aliphatic carbocycles. The van der Waals surface area contributed by atoms with Crippen LogP contribution in [0.2, 0.25) is 0 Å². The molecule has 2 aliphatic rings. The largest absolute Gasteiger partial charge is 0.339 e. The Bertz CT molecular complexity index is 382. The van der Waals surface area contributed by atoms with E-state index in [1.54, 1.807) is 0 Å². The normalized spacial score (nSPS) is 23.4. The third kappa shape index (κ3) is 3.72. The molecule has 0 aromatic carbocycles. The summed E-state index contributed by atoms with van der Waals surface area (Å²) in [5, 5.41) is 4.18. The first-order valence-electron chi connectivity index (χ1n) is 7.54. The minimum absolute atomic E-state index is 0.523. The molecule has 0 radical (unpaired) electrons. The topological polar surface area (TPSA) is 42.2 Å². The summed E-state index contributed by atoms with van der Waals surface area (Å²) >= 11 is 2.05. The van der Waals surface area contributed by atoms with E-state index in [0.717, 1.165) is 24.8 Å². The molecular weight excluding hydrogens is 258 g/mol. The second kappa shape index (κ2) is 6.75. The Labute approximate surface area is 119 Å². The van der Waals surface area contributed by atoms with E-state index in [1.165, 1.54) is 56.6 Å². The highest BCUT2D eigenvalue weighted by Gasteiger charge is 2.22. The predicted octanol–water partition coefficient (Wildman–Crippen LogP) is 3.06. The predicted molar refractivity (Wildman–Crippen MR) is 77.3 cm³/mol. The molecule has 106 valence electrons. The maximum Gasteiger partial charge on any atom is 0.229 e. The highest BCUT2D eigenvalue weighted by atomic mass is 32.2. The molecule has 1 aromatic heterocycles. The van der Waals surface area contributed by atoms with Crippen molar-refractivity contribution in [1.82, 2.24) is 15.0 Å². The SMILES string of the molecule is C1CCC(c2nc(CN3CCCSCC3)no2)CC1. The molecule has 0 amide bonds. The summed E-state index contributed by atoms with van der Waals surface area (Å²) in [4.78, 5) is 7.09. The van der Waals surface area contributed by atoms with Crippen LogP contribution in [0.15, 0.2) is 4.52 Å². The minimum Gasteiger partial charge on any atom is -0.339 e. The van der Waals surface area contributed by atoms with Gasteiger partial charge in [-0.25, -0.2) is 0 Å². The Hall–Kier alpha value is -0.550. The van der Waals surface area contributed by atoms with E-state index in [1.807, 2.05) is 0 Å². The number of rotatable bonds is 3. The summed E-state index contributed by atoms with van der Waals surface area (Å²) in [6.45, 7) is 3.18. The average Bonchev–Trinajstić information content (AvgIpc) is 2.76. The van der Waals surface area contributed by atoms with Crippen LogP contribution in [0.5, 0.6) is 0 Å². The molecule has 0 spiro atoms. The van der Waals surface area contributed by atoms with Gasteiger partial charge in [0.25, 0.3) is 0 Å². The van der Waals surface area contributed by atoms with E-state index in [9.17, 15) is 0 Å². The third-order valence-electron chi connectivity index (χ3n) is 4.12. The maximum atomic E-state index is 5.48. The molecule has 0 atom stereocenters. The molecule has 0 N–H and O–H groups in total. The fraction of sp³-hybridized carbons (Fsp3) is 0.857. The van der Waals surface area contributed by atoms with Gasteiger partial charge in [0.1, 0.15) is 0 Å². The second-order valence-corrected chi connectivity index (χ2v) is 6.85. The molecule has 1 saturated carbocycles. The van der Waals surface area contributed by atoms with Crippen molar-refractivity contribution in [1.29, 1.82) is 0 Å². The van der Waals surface area contributed by atoms with E-state index < -0.39 is 0 Å². The standard InChI is InChI=1S/C14H23N3OS/c1-2-5-12(6-3-1)14-15-13(16-18-14)11-17-7-4-9-19-10-8-17/h12H,1-11H2. The van der Waals surface area contributed by atoms with Crippen LogP contribution < -0.4 is 0 Å².